The average molecular weight is 438 g/mol. The number of carbonyl (C=O) groups excluding carboxylic acids is 2. The lowest BCUT2D eigenvalue weighted by molar-refractivity contribution is -0.123. The van der Waals surface area contributed by atoms with E-state index in [4.69, 9.17) is 16.3 Å². The molecule has 0 aliphatic carbocycles. The number of para-hydroxylation sites is 1. The molecule has 0 saturated heterocycles. The summed E-state index contributed by atoms with van der Waals surface area (Å²) in [6.07, 6.45) is 0.142. The summed E-state index contributed by atoms with van der Waals surface area (Å²) in [5.41, 5.74) is 0.742. The second-order valence-corrected chi connectivity index (χ2v) is 6.24. The van der Waals surface area contributed by atoms with Gasteiger partial charge < -0.3 is 14.8 Å². The third-order valence-electron chi connectivity index (χ3n) is 3.79. The first-order valence-electron chi connectivity index (χ1n) is 8.43. The summed E-state index contributed by atoms with van der Waals surface area (Å²) >= 11 is 5.85. The van der Waals surface area contributed by atoms with E-state index in [9.17, 15) is 18.4 Å². The molecule has 2 aromatic carbocycles. The van der Waals surface area contributed by atoms with Gasteiger partial charge in [0.1, 0.15) is 12.1 Å². The number of tetrazole rings is 1. The van der Waals surface area contributed by atoms with Gasteiger partial charge in [0.05, 0.1) is 16.3 Å². The number of nitrogens with one attached hydrogen (secondary N) is 1. The second-order valence-electron chi connectivity index (χ2n) is 5.83. The Morgan fingerprint density at radius 1 is 1.20 bits per heavy atom. The molecule has 0 fully saturated rings. The molecule has 0 radical (unpaired) electrons. The topological polar surface area (TPSA) is 108 Å². The number of ether oxygens (including phenoxy) is 2. The minimum absolute atomic E-state index is 0.117. The zero-order valence-corrected chi connectivity index (χ0v) is 16.1. The summed E-state index contributed by atoms with van der Waals surface area (Å²) in [5, 5.41) is 13.1. The van der Waals surface area contributed by atoms with Crippen molar-refractivity contribution < 1.29 is 27.8 Å². The van der Waals surface area contributed by atoms with Crippen LogP contribution in [0.15, 0.2) is 48.8 Å². The van der Waals surface area contributed by atoms with Crippen molar-refractivity contribution >= 4 is 29.2 Å². The van der Waals surface area contributed by atoms with Gasteiger partial charge in [-0.05, 0) is 47.7 Å². The van der Waals surface area contributed by atoms with Crippen molar-refractivity contribution in [2.45, 2.75) is 19.6 Å². The van der Waals surface area contributed by atoms with E-state index in [0.717, 1.165) is 0 Å². The smallest absolute Gasteiger partial charge is 0.387 e. The van der Waals surface area contributed by atoms with Crippen LogP contribution in [0.2, 0.25) is 5.02 Å². The summed E-state index contributed by atoms with van der Waals surface area (Å²) in [6.45, 7) is -1.65. The van der Waals surface area contributed by atoms with Crippen molar-refractivity contribution in [1.29, 1.82) is 0 Å². The third-order valence-corrected chi connectivity index (χ3v) is 4.08. The number of alkyl halides is 2. The molecule has 156 valence electrons. The van der Waals surface area contributed by atoms with Gasteiger partial charge in [0.2, 0.25) is 0 Å². The van der Waals surface area contributed by atoms with Crippen LogP contribution < -0.4 is 10.1 Å². The summed E-state index contributed by atoms with van der Waals surface area (Å²) in [5.74, 6) is -1.65. The van der Waals surface area contributed by atoms with Crippen molar-refractivity contribution in [1.82, 2.24) is 20.2 Å². The van der Waals surface area contributed by atoms with E-state index in [1.807, 2.05) is 0 Å². The van der Waals surface area contributed by atoms with Gasteiger partial charge in [0.15, 0.2) is 6.10 Å². The number of esters is 1. The lowest BCUT2D eigenvalue weighted by atomic mass is 10.2. The highest BCUT2D eigenvalue weighted by Gasteiger charge is 2.22. The molecule has 3 rings (SSSR count). The fraction of sp³-hybridized carbons (Fsp3) is 0.167. The molecule has 1 aromatic heterocycles. The number of amides is 1. The Labute approximate surface area is 173 Å². The van der Waals surface area contributed by atoms with E-state index in [-0.39, 0.29) is 22.0 Å². The van der Waals surface area contributed by atoms with Crippen LogP contribution in [0.5, 0.6) is 5.75 Å². The van der Waals surface area contributed by atoms with Crippen LogP contribution in [-0.4, -0.2) is 44.8 Å². The van der Waals surface area contributed by atoms with E-state index >= 15 is 0 Å². The molecular formula is C18H14ClF2N5O4. The van der Waals surface area contributed by atoms with Crippen LogP contribution in [0.3, 0.4) is 0 Å². The average Bonchev–Trinajstić information content (AvgIpc) is 3.24. The molecule has 1 unspecified atom stereocenters. The summed E-state index contributed by atoms with van der Waals surface area (Å²) in [6, 6.07) is 10.2. The molecule has 9 nitrogen and oxygen atoms in total. The van der Waals surface area contributed by atoms with E-state index in [1.54, 1.807) is 18.2 Å². The summed E-state index contributed by atoms with van der Waals surface area (Å²) < 4.78 is 35.3. The molecule has 0 aliphatic rings. The van der Waals surface area contributed by atoms with Gasteiger partial charge >= 0.3 is 12.6 Å². The van der Waals surface area contributed by atoms with E-state index in [1.165, 1.54) is 42.2 Å². The predicted molar refractivity (Wildman–Crippen MR) is 101 cm³/mol. The number of aromatic nitrogens is 4. The lowest BCUT2D eigenvalue weighted by Gasteiger charge is -2.15. The van der Waals surface area contributed by atoms with Crippen LogP contribution >= 0.6 is 11.6 Å². The number of rotatable bonds is 7. The molecule has 0 bridgehead atoms. The maximum atomic E-state index is 12.5. The Morgan fingerprint density at radius 3 is 2.63 bits per heavy atom. The molecule has 1 N–H and O–H groups in total. The maximum Gasteiger partial charge on any atom is 0.387 e. The van der Waals surface area contributed by atoms with Crippen LogP contribution in [0, 0.1) is 0 Å². The zero-order chi connectivity index (χ0) is 21.7. The first-order chi connectivity index (χ1) is 14.3. The van der Waals surface area contributed by atoms with Crippen molar-refractivity contribution in [3.05, 3.63) is 59.4 Å². The van der Waals surface area contributed by atoms with Gasteiger partial charge in [0.25, 0.3) is 5.91 Å². The maximum absolute atomic E-state index is 12.5. The molecule has 12 heteroatoms. The minimum atomic E-state index is -3.03. The summed E-state index contributed by atoms with van der Waals surface area (Å²) in [4.78, 5) is 24.9. The van der Waals surface area contributed by atoms with Crippen LogP contribution in [0.4, 0.5) is 14.5 Å². The largest absolute Gasteiger partial charge is 0.449 e. The van der Waals surface area contributed by atoms with Gasteiger partial charge in [-0.2, -0.15) is 13.5 Å². The standard InChI is InChI=1S/C18H14ClF2N5O4/c1-10(16(27)23-11-6-7-15(13(19)8-11)30-18(20)21)29-17(28)12-4-2-3-5-14(12)26-9-22-24-25-26/h2-10,18H,1H3,(H,23,27). The van der Waals surface area contributed by atoms with Gasteiger partial charge in [0, 0.05) is 5.69 Å². The SMILES string of the molecule is CC(OC(=O)c1ccccc1-n1cnnn1)C(=O)Nc1ccc(OC(F)F)c(Cl)c1. The quantitative estimate of drug-likeness (QED) is 0.566. The second kappa shape index (κ2) is 9.27. The third kappa shape index (κ3) is 5.06. The highest BCUT2D eigenvalue weighted by Crippen LogP contribution is 2.29. The van der Waals surface area contributed by atoms with E-state index in [2.05, 4.69) is 25.6 Å². The number of halogens is 3. The molecule has 1 amide bonds. The normalized spacial score (nSPS) is 11.8. The highest BCUT2D eigenvalue weighted by atomic mass is 35.5. The number of anilines is 1. The monoisotopic (exact) mass is 437 g/mol. The van der Waals surface area contributed by atoms with Crippen LogP contribution in [-0.2, 0) is 9.53 Å². The van der Waals surface area contributed by atoms with E-state index < -0.39 is 24.6 Å². The molecule has 1 heterocycles. The highest BCUT2D eigenvalue weighted by molar-refractivity contribution is 6.32. The number of hydrogen-bond donors (Lipinski definition) is 1. The van der Waals surface area contributed by atoms with Crippen molar-refractivity contribution in [2.75, 3.05) is 5.32 Å². The predicted octanol–water partition coefficient (Wildman–Crippen LogP) is 3.10. The molecular weight excluding hydrogens is 424 g/mol. The molecule has 3 aromatic rings. The fourth-order valence-electron chi connectivity index (χ4n) is 2.41. The summed E-state index contributed by atoms with van der Waals surface area (Å²) in [7, 11) is 0. The zero-order valence-electron chi connectivity index (χ0n) is 15.3. The van der Waals surface area contributed by atoms with Crippen LogP contribution in [0.1, 0.15) is 17.3 Å². The van der Waals surface area contributed by atoms with Gasteiger partial charge in [-0.15, -0.1) is 5.10 Å². The first kappa shape index (κ1) is 21.1. The lowest BCUT2D eigenvalue weighted by Crippen LogP contribution is -2.30. The number of hydrogen-bond acceptors (Lipinski definition) is 7. The molecule has 1 atom stereocenters. The Kier molecular flexibility index (Phi) is 6.52. The van der Waals surface area contributed by atoms with Gasteiger partial charge in [-0.3, -0.25) is 4.79 Å². The van der Waals surface area contributed by atoms with Gasteiger partial charge in [-0.25, -0.2) is 4.79 Å². The number of nitrogens with zero attached hydrogens (tertiary/aromatic N) is 4. The first-order valence-corrected chi connectivity index (χ1v) is 8.81. The molecule has 0 aliphatic heterocycles. The Balaban J connectivity index is 1.67. The Morgan fingerprint density at radius 2 is 1.97 bits per heavy atom. The fourth-order valence-corrected chi connectivity index (χ4v) is 2.63. The minimum Gasteiger partial charge on any atom is -0.449 e. The molecule has 30 heavy (non-hydrogen) atoms. The number of benzene rings is 2. The van der Waals surface area contributed by atoms with Crippen molar-refractivity contribution in [3.63, 3.8) is 0 Å². The van der Waals surface area contributed by atoms with Crippen molar-refractivity contribution in [2.24, 2.45) is 0 Å². The van der Waals surface area contributed by atoms with Crippen molar-refractivity contribution in [3.8, 4) is 11.4 Å². The Hall–Kier alpha value is -3.60. The van der Waals surface area contributed by atoms with Crippen LogP contribution in [0.25, 0.3) is 5.69 Å². The molecule has 0 saturated carbocycles. The van der Waals surface area contributed by atoms with Gasteiger partial charge in [-0.1, -0.05) is 23.7 Å². The Bertz CT molecular complexity index is 1050. The van der Waals surface area contributed by atoms with E-state index in [0.29, 0.717) is 5.69 Å². The molecule has 0 spiro atoms. The number of carbonyl (C=O) groups is 2.